The van der Waals surface area contributed by atoms with Crippen LogP contribution < -0.4 is 5.73 Å². The first-order valence-corrected chi connectivity index (χ1v) is 6.22. The van der Waals surface area contributed by atoms with Gasteiger partial charge in [-0.25, -0.2) is 8.78 Å². The van der Waals surface area contributed by atoms with Gasteiger partial charge in [-0.2, -0.15) is 4.39 Å². The molecule has 0 radical (unpaired) electrons. The Kier molecular flexibility index (Phi) is 3.89. The fourth-order valence-electron chi connectivity index (χ4n) is 2.48. The molecule has 4 nitrogen and oxygen atoms in total. The number of amides is 1. The molecular weight excluding hydrogens is 273 g/mol. The number of nitrogens with two attached hydrogens (primary N) is 1. The summed E-state index contributed by atoms with van der Waals surface area (Å²) in [5, 5.41) is 9.13. The van der Waals surface area contributed by atoms with E-state index in [1.807, 2.05) is 6.92 Å². The maximum atomic E-state index is 13.7. The van der Waals surface area contributed by atoms with Crippen molar-refractivity contribution in [3.05, 3.63) is 29.1 Å². The highest BCUT2D eigenvalue weighted by molar-refractivity contribution is 5.95. The van der Waals surface area contributed by atoms with E-state index in [0.717, 1.165) is 6.42 Å². The third-order valence-corrected chi connectivity index (χ3v) is 3.34. The number of phenols is 1. The van der Waals surface area contributed by atoms with Gasteiger partial charge in [-0.3, -0.25) is 4.79 Å². The third kappa shape index (κ3) is 2.58. The fraction of sp³-hybridized carbons (Fsp3) is 0.462. The molecule has 2 atom stereocenters. The van der Waals surface area contributed by atoms with Gasteiger partial charge in [0.15, 0.2) is 17.4 Å². The van der Waals surface area contributed by atoms with Crippen molar-refractivity contribution in [3.8, 4) is 5.75 Å². The van der Waals surface area contributed by atoms with Gasteiger partial charge in [-0.05, 0) is 18.4 Å². The molecule has 1 aliphatic rings. The Morgan fingerprint density at radius 1 is 1.35 bits per heavy atom. The molecule has 0 bridgehead atoms. The number of nitrogens with zero attached hydrogens (tertiary/aromatic N) is 1. The van der Waals surface area contributed by atoms with Gasteiger partial charge >= 0.3 is 0 Å². The van der Waals surface area contributed by atoms with Crippen LogP contribution in [-0.4, -0.2) is 35.0 Å². The van der Waals surface area contributed by atoms with Gasteiger partial charge in [-0.15, -0.1) is 0 Å². The van der Waals surface area contributed by atoms with Crippen LogP contribution in [0.25, 0.3) is 0 Å². The van der Waals surface area contributed by atoms with Crippen molar-refractivity contribution in [1.29, 1.82) is 0 Å². The van der Waals surface area contributed by atoms with Crippen LogP contribution in [0, 0.1) is 23.4 Å². The van der Waals surface area contributed by atoms with E-state index >= 15 is 0 Å². The number of phenolic OH excluding ortho intramolecular Hbond substituents is 1. The molecule has 0 aliphatic carbocycles. The molecule has 0 aromatic heterocycles. The Morgan fingerprint density at radius 3 is 2.60 bits per heavy atom. The average Bonchev–Trinajstić information content (AvgIpc) is 2.38. The van der Waals surface area contributed by atoms with Crippen LogP contribution in [0.3, 0.4) is 0 Å². The van der Waals surface area contributed by atoms with Gasteiger partial charge in [0, 0.05) is 19.1 Å². The van der Waals surface area contributed by atoms with Crippen molar-refractivity contribution in [2.75, 3.05) is 13.1 Å². The van der Waals surface area contributed by atoms with Crippen LogP contribution in [0.4, 0.5) is 13.2 Å². The highest BCUT2D eigenvalue weighted by atomic mass is 19.2. The summed E-state index contributed by atoms with van der Waals surface area (Å²) in [5.74, 6) is -6.80. The van der Waals surface area contributed by atoms with Gasteiger partial charge < -0.3 is 15.7 Å². The zero-order valence-corrected chi connectivity index (χ0v) is 10.9. The number of halogens is 3. The zero-order valence-electron chi connectivity index (χ0n) is 10.9. The number of carbonyl (C=O) groups excluding carboxylic acids is 1. The summed E-state index contributed by atoms with van der Waals surface area (Å²) >= 11 is 0. The number of benzene rings is 1. The highest BCUT2D eigenvalue weighted by Crippen LogP contribution is 2.27. The Hall–Kier alpha value is -1.76. The largest absolute Gasteiger partial charge is 0.503 e. The molecule has 1 aromatic carbocycles. The van der Waals surface area contributed by atoms with E-state index in [0.29, 0.717) is 12.6 Å². The molecule has 7 heteroatoms. The van der Waals surface area contributed by atoms with E-state index < -0.39 is 34.7 Å². The van der Waals surface area contributed by atoms with Gasteiger partial charge in [0.25, 0.3) is 5.91 Å². The van der Waals surface area contributed by atoms with Crippen molar-refractivity contribution in [2.24, 2.45) is 11.7 Å². The van der Waals surface area contributed by atoms with Crippen LogP contribution in [0.15, 0.2) is 6.07 Å². The smallest absolute Gasteiger partial charge is 0.257 e. The van der Waals surface area contributed by atoms with Crippen molar-refractivity contribution in [1.82, 2.24) is 4.90 Å². The summed E-state index contributed by atoms with van der Waals surface area (Å²) < 4.78 is 39.9. The molecular formula is C13H15F3N2O2. The van der Waals surface area contributed by atoms with E-state index in [1.54, 1.807) is 0 Å². The Morgan fingerprint density at radius 2 is 2.00 bits per heavy atom. The predicted octanol–water partition coefficient (Wildman–Crippen LogP) is 1.62. The lowest BCUT2D eigenvalue weighted by Gasteiger charge is -2.34. The monoisotopic (exact) mass is 288 g/mol. The van der Waals surface area contributed by atoms with Crippen molar-refractivity contribution in [2.45, 2.75) is 19.4 Å². The normalized spacial score (nSPS) is 22.9. The number of hydrogen-bond donors (Lipinski definition) is 2. The molecule has 110 valence electrons. The first-order chi connectivity index (χ1) is 9.31. The molecule has 0 saturated carbocycles. The van der Waals surface area contributed by atoms with E-state index in [2.05, 4.69) is 0 Å². The van der Waals surface area contributed by atoms with Crippen LogP contribution in [-0.2, 0) is 0 Å². The van der Waals surface area contributed by atoms with Crippen LogP contribution in [0.5, 0.6) is 5.75 Å². The van der Waals surface area contributed by atoms with Gasteiger partial charge in [0.05, 0.1) is 5.56 Å². The van der Waals surface area contributed by atoms with Crippen LogP contribution in [0.2, 0.25) is 0 Å². The summed E-state index contributed by atoms with van der Waals surface area (Å²) in [5.41, 5.74) is 5.09. The second-order valence-corrected chi connectivity index (χ2v) is 5.19. The van der Waals surface area contributed by atoms with Crippen LogP contribution in [0.1, 0.15) is 23.7 Å². The molecule has 3 N–H and O–H groups in total. The molecule has 20 heavy (non-hydrogen) atoms. The summed E-state index contributed by atoms with van der Waals surface area (Å²) in [4.78, 5) is 13.4. The summed E-state index contributed by atoms with van der Waals surface area (Å²) in [7, 11) is 0. The van der Waals surface area contributed by atoms with Crippen molar-refractivity contribution >= 4 is 5.91 Å². The maximum absolute atomic E-state index is 13.7. The quantitative estimate of drug-likeness (QED) is 0.772. The molecule has 2 unspecified atom stereocenters. The number of rotatable bonds is 1. The molecule has 1 fully saturated rings. The minimum absolute atomic E-state index is 0.129. The molecule has 2 rings (SSSR count). The van der Waals surface area contributed by atoms with E-state index in [4.69, 9.17) is 10.8 Å². The summed E-state index contributed by atoms with van der Waals surface area (Å²) in [6, 6.07) is 0.210. The molecule has 0 spiro atoms. The van der Waals surface area contributed by atoms with Crippen molar-refractivity contribution < 1.29 is 23.1 Å². The average molecular weight is 288 g/mol. The molecule has 1 amide bonds. The summed E-state index contributed by atoms with van der Waals surface area (Å²) in [6.07, 6.45) is 0.731. The third-order valence-electron chi connectivity index (χ3n) is 3.34. The first kappa shape index (κ1) is 14.6. The number of carbonyl (C=O) groups is 1. The lowest BCUT2D eigenvalue weighted by Crippen LogP contribution is -2.49. The number of piperidine rings is 1. The predicted molar refractivity (Wildman–Crippen MR) is 65.6 cm³/mol. The van der Waals surface area contributed by atoms with E-state index in [1.165, 1.54) is 4.90 Å². The molecule has 1 saturated heterocycles. The Bertz CT molecular complexity index is 541. The molecule has 1 aliphatic heterocycles. The van der Waals surface area contributed by atoms with Crippen LogP contribution >= 0.6 is 0 Å². The number of likely N-dealkylation sites (tertiary alicyclic amines) is 1. The minimum atomic E-state index is -1.71. The molecule has 1 heterocycles. The van der Waals surface area contributed by atoms with Gasteiger partial charge in [-0.1, -0.05) is 6.92 Å². The van der Waals surface area contributed by atoms with Gasteiger partial charge in [0.1, 0.15) is 0 Å². The highest BCUT2D eigenvalue weighted by Gasteiger charge is 2.30. The van der Waals surface area contributed by atoms with E-state index in [9.17, 15) is 18.0 Å². The maximum Gasteiger partial charge on any atom is 0.257 e. The first-order valence-electron chi connectivity index (χ1n) is 6.22. The van der Waals surface area contributed by atoms with E-state index in [-0.39, 0.29) is 18.5 Å². The minimum Gasteiger partial charge on any atom is -0.503 e. The number of aromatic hydroxyl groups is 1. The van der Waals surface area contributed by atoms with Gasteiger partial charge in [0.2, 0.25) is 5.82 Å². The second kappa shape index (κ2) is 5.32. The second-order valence-electron chi connectivity index (χ2n) is 5.19. The molecule has 1 aromatic rings. The fourth-order valence-corrected chi connectivity index (χ4v) is 2.48. The summed E-state index contributed by atoms with van der Waals surface area (Å²) in [6.45, 7) is 2.45. The number of hydrogen-bond acceptors (Lipinski definition) is 3. The zero-order chi connectivity index (χ0) is 15.0. The standard InChI is InChI=1S/C13H15F3N2O2/c1-6-2-7(17)5-18(4-6)13(20)8-3-9(14)11(16)12(19)10(8)15/h3,6-7,19H,2,4-5,17H2,1H3. The lowest BCUT2D eigenvalue weighted by molar-refractivity contribution is 0.0654. The lowest BCUT2D eigenvalue weighted by atomic mass is 9.96. The Balaban J connectivity index is 2.34. The van der Waals surface area contributed by atoms with Crippen molar-refractivity contribution in [3.63, 3.8) is 0 Å². The topological polar surface area (TPSA) is 66.6 Å². The Labute approximate surface area is 114 Å². The SMILES string of the molecule is CC1CC(N)CN(C(=O)c2cc(F)c(F)c(O)c2F)C1.